The van der Waals surface area contributed by atoms with Crippen LogP contribution in [-0.4, -0.2) is 9.97 Å². The van der Waals surface area contributed by atoms with Gasteiger partial charge < -0.3 is 11.1 Å². The van der Waals surface area contributed by atoms with Crippen molar-refractivity contribution in [1.82, 2.24) is 9.97 Å². The van der Waals surface area contributed by atoms with Crippen LogP contribution >= 0.6 is 11.3 Å². The summed E-state index contributed by atoms with van der Waals surface area (Å²) >= 11 is 1.60. The van der Waals surface area contributed by atoms with Crippen LogP contribution in [0.2, 0.25) is 0 Å². The van der Waals surface area contributed by atoms with Crippen molar-refractivity contribution in [2.75, 3.05) is 11.1 Å². The summed E-state index contributed by atoms with van der Waals surface area (Å²) in [7, 11) is 0. The predicted octanol–water partition coefficient (Wildman–Crippen LogP) is 5.13. The fourth-order valence-corrected chi connectivity index (χ4v) is 3.82. The first-order valence-corrected chi connectivity index (χ1v) is 8.56. The number of aryl methyl sites for hydroxylation is 1. The Kier molecular flexibility index (Phi) is 3.82. The van der Waals surface area contributed by atoms with E-state index in [1.807, 2.05) is 31.2 Å². The highest BCUT2D eigenvalue weighted by molar-refractivity contribution is 7.19. The molecule has 4 rings (SSSR count). The van der Waals surface area contributed by atoms with Gasteiger partial charge in [-0.15, -0.1) is 11.3 Å². The molecular formula is C19H15FN4S. The second kappa shape index (κ2) is 6.14. The zero-order valence-corrected chi connectivity index (χ0v) is 14.3. The van der Waals surface area contributed by atoms with Gasteiger partial charge in [-0.1, -0.05) is 12.1 Å². The van der Waals surface area contributed by atoms with Gasteiger partial charge in [-0.2, -0.15) is 0 Å². The van der Waals surface area contributed by atoms with E-state index < -0.39 is 0 Å². The Balaban J connectivity index is 1.87. The average molecular weight is 350 g/mol. The number of halogens is 1. The van der Waals surface area contributed by atoms with E-state index >= 15 is 0 Å². The molecule has 0 atom stereocenters. The molecule has 0 amide bonds. The van der Waals surface area contributed by atoms with Gasteiger partial charge >= 0.3 is 0 Å². The molecule has 3 N–H and O–H groups in total. The first-order valence-electron chi connectivity index (χ1n) is 7.74. The van der Waals surface area contributed by atoms with Gasteiger partial charge in [0, 0.05) is 21.8 Å². The molecule has 0 aliphatic carbocycles. The van der Waals surface area contributed by atoms with Crippen LogP contribution in [0.25, 0.3) is 21.3 Å². The molecule has 0 bridgehead atoms. The summed E-state index contributed by atoms with van der Waals surface area (Å²) in [5.41, 5.74) is 9.31. The van der Waals surface area contributed by atoms with Crippen LogP contribution in [-0.2, 0) is 0 Å². The average Bonchev–Trinajstić information content (AvgIpc) is 2.95. The number of nitrogens with two attached hydrogens (primary N) is 1. The molecule has 25 heavy (non-hydrogen) atoms. The second-order valence-corrected chi connectivity index (χ2v) is 6.89. The van der Waals surface area contributed by atoms with E-state index in [9.17, 15) is 4.39 Å². The Morgan fingerprint density at radius 1 is 1.00 bits per heavy atom. The normalized spacial score (nSPS) is 11.0. The fourth-order valence-electron chi connectivity index (χ4n) is 2.81. The molecule has 0 radical (unpaired) electrons. The number of aromatic nitrogens is 2. The number of nitrogens with zero attached hydrogens (tertiary/aromatic N) is 2. The lowest BCUT2D eigenvalue weighted by Crippen LogP contribution is -1.96. The van der Waals surface area contributed by atoms with Crippen molar-refractivity contribution in [1.29, 1.82) is 0 Å². The third-order valence-corrected chi connectivity index (χ3v) is 4.98. The summed E-state index contributed by atoms with van der Waals surface area (Å²) in [6.07, 6.45) is 1.55. The Bertz CT molecular complexity index is 1040. The molecule has 0 fully saturated rings. The van der Waals surface area contributed by atoms with Gasteiger partial charge in [-0.25, -0.2) is 14.4 Å². The van der Waals surface area contributed by atoms with Crippen LogP contribution in [0.4, 0.5) is 21.6 Å². The highest BCUT2D eigenvalue weighted by atomic mass is 32.1. The molecule has 2 aromatic heterocycles. The molecule has 2 heterocycles. The van der Waals surface area contributed by atoms with E-state index in [1.54, 1.807) is 29.8 Å². The summed E-state index contributed by atoms with van der Waals surface area (Å²) < 4.78 is 13.3. The third-order valence-electron chi connectivity index (χ3n) is 3.97. The summed E-state index contributed by atoms with van der Waals surface area (Å²) in [6, 6.07) is 14.0. The quantitative estimate of drug-likeness (QED) is 0.503. The van der Waals surface area contributed by atoms with Gasteiger partial charge in [-0.3, -0.25) is 0 Å². The number of anilines is 3. The maximum atomic E-state index is 13.3. The number of rotatable bonds is 3. The lowest BCUT2D eigenvalue weighted by atomic mass is 10.0. The monoisotopic (exact) mass is 350 g/mol. The van der Waals surface area contributed by atoms with E-state index in [1.165, 1.54) is 12.1 Å². The standard InChI is InChI=1S/C19H15FN4S/c1-11-16(12-2-4-13(20)5-3-12)17-18(22-10-23-19(17)25-11)24-15-8-6-14(21)7-9-15/h2-10H,21H2,1H3,(H,22,23,24). The minimum absolute atomic E-state index is 0.252. The van der Waals surface area contributed by atoms with E-state index in [-0.39, 0.29) is 5.82 Å². The second-order valence-electron chi connectivity index (χ2n) is 5.69. The lowest BCUT2D eigenvalue weighted by molar-refractivity contribution is 0.628. The molecule has 0 aliphatic heterocycles. The molecule has 0 saturated heterocycles. The highest BCUT2D eigenvalue weighted by Gasteiger charge is 2.17. The molecule has 6 heteroatoms. The molecule has 0 aliphatic rings. The van der Waals surface area contributed by atoms with Gasteiger partial charge in [0.1, 0.15) is 22.8 Å². The summed E-state index contributed by atoms with van der Waals surface area (Å²) in [5, 5.41) is 4.27. The van der Waals surface area contributed by atoms with Gasteiger partial charge in [0.25, 0.3) is 0 Å². The molecule has 0 spiro atoms. The summed E-state index contributed by atoms with van der Waals surface area (Å²) in [6.45, 7) is 2.04. The van der Waals surface area contributed by atoms with Crippen molar-refractivity contribution in [3.05, 3.63) is 65.6 Å². The van der Waals surface area contributed by atoms with Crippen LogP contribution in [0.5, 0.6) is 0 Å². The molecule has 4 aromatic rings. The highest BCUT2D eigenvalue weighted by Crippen LogP contribution is 2.40. The zero-order valence-electron chi connectivity index (χ0n) is 13.5. The summed E-state index contributed by atoms with van der Waals surface area (Å²) in [5.74, 6) is 0.468. The van der Waals surface area contributed by atoms with Crippen molar-refractivity contribution in [2.24, 2.45) is 0 Å². The number of fused-ring (bicyclic) bond motifs is 1. The Morgan fingerprint density at radius 2 is 1.72 bits per heavy atom. The van der Waals surface area contributed by atoms with Crippen LogP contribution < -0.4 is 11.1 Å². The van der Waals surface area contributed by atoms with E-state index in [0.717, 1.165) is 37.7 Å². The van der Waals surface area contributed by atoms with Crippen molar-refractivity contribution >= 4 is 38.7 Å². The van der Waals surface area contributed by atoms with Crippen molar-refractivity contribution in [3.8, 4) is 11.1 Å². The first-order chi connectivity index (χ1) is 12.1. The Hall–Kier alpha value is -2.99. The minimum atomic E-state index is -0.252. The van der Waals surface area contributed by atoms with Gasteiger partial charge in [-0.05, 0) is 48.9 Å². The topological polar surface area (TPSA) is 63.8 Å². The van der Waals surface area contributed by atoms with Gasteiger partial charge in [0.15, 0.2) is 0 Å². The number of hydrogen-bond donors (Lipinski definition) is 2. The maximum absolute atomic E-state index is 13.3. The van der Waals surface area contributed by atoms with Gasteiger partial charge in [0.2, 0.25) is 0 Å². The molecule has 4 nitrogen and oxygen atoms in total. The Labute approximate surface area is 148 Å². The smallest absolute Gasteiger partial charge is 0.143 e. The maximum Gasteiger partial charge on any atom is 0.143 e. The number of benzene rings is 2. The zero-order chi connectivity index (χ0) is 17.4. The SMILES string of the molecule is Cc1sc2ncnc(Nc3ccc(N)cc3)c2c1-c1ccc(F)cc1. The van der Waals surface area contributed by atoms with Crippen LogP contribution in [0.3, 0.4) is 0 Å². The number of nitrogens with one attached hydrogen (secondary N) is 1. The lowest BCUT2D eigenvalue weighted by Gasteiger charge is -2.09. The molecular weight excluding hydrogens is 335 g/mol. The summed E-state index contributed by atoms with van der Waals surface area (Å²) in [4.78, 5) is 10.8. The third kappa shape index (κ3) is 2.92. The van der Waals surface area contributed by atoms with Crippen LogP contribution in [0, 0.1) is 12.7 Å². The molecule has 124 valence electrons. The number of thiophene rings is 1. The van der Waals surface area contributed by atoms with Gasteiger partial charge in [0.05, 0.1) is 5.39 Å². The number of nitrogen functional groups attached to an aromatic ring is 1. The van der Waals surface area contributed by atoms with E-state index in [2.05, 4.69) is 15.3 Å². The number of hydrogen-bond acceptors (Lipinski definition) is 5. The van der Waals surface area contributed by atoms with Crippen LogP contribution in [0.15, 0.2) is 54.9 Å². The largest absolute Gasteiger partial charge is 0.399 e. The van der Waals surface area contributed by atoms with Crippen molar-refractivity contribution in [3.63, 3.8) is 0 Å². The Morgan fingerprint density at radius 3 is 2.44 bits per heavy atom. The fraction of sp³-hybridized carbons (Fsp3) is 0.0526. The first kappa shape index (κ1) is 15.5. The van der Waals surface area contributed by atoms with Crippen molar-refractivity contribution < 1.29 is 4.39 Å². The molecule has 0 saturated carbocycles. The molecule has 0 unspecified atom stereocenters. The van der Waals surface area contributed by atoms with E-state index in [4.69, 9.17) is 5.73 Å². The minimum Gasteiger partial charge on any atom is -0.399 e. The van der Waals surface area contributed by atoms with E-state index in [0.29, 0.717) is 5.69 Å². The molecule has 2 aromatic carbocycles. The van der Waals surface area contributed by atoms with Crippen molar-refractivity contribution in [2.45, 2.75) is 6.92 Å². The van der Waals surface area contributed by atoms with Crippen LogP contribution in [0.1, 0.15) is 4.88 Å². The predicted molar refractivity (Wildman–Crippen MR) is 102 cm³/mol.